The van der Waals surface area contributed by atoms with Gasteiger partial charge < -0.3 is 0 Å². The smallest absolute Gasteiger partial charge is 0.176 e. The van der Waals surface area contributed by atoms with E-state index >= 15 is 0 Å². The Morgan fingerprint density at radius 3 is 3.06 bits per heavy atom. The number of Topliss-reactive ketones (excluding diaryl/α,β-unsaturated/α-hetero) is 1. The number of halogens is 1. The van der Waals surface area contributed by atoms with Crippen LogP contribution in [0.4, 0.5) is 0 Å². The quantitative estimate of drug-likeness (QED) is 0.765. The molecule has 17 heavy (non-hydrogen) atoms. The van der Waals surface area contributed by atoms with Crippen LogP contribution in [0.25, 0.3) is 0 Å². The van der Waals surface area contributed by atoms with Crippen LogP contribution in [0.5, 0.6) is 0 Å². The van der Waals surface area contributed by atoms with Crippen molar-refractivity contribution in [2.45, 2.75) is 32.2 Å². The van der Waals surface area contributed by atoms with Crippen LogP contribution >= 0.6 is 11.6 Å². The summed E-state index contributed by atoms with van der Waals surface area (Å²) >= 11 is 5.90. The van der Waals surface area contributed by atoms with Gasteiger partial charge in [0, 0.05) is 16.6 Å². The maximum Gasteiger partial charge on any atom is 0.176 e. The highest BCUT2D eigenvalue weighted by Crippen LogP contribution is 2.20. The van der Waals surface area contributed by atoms with Gasteiger partial charge in [-0.2, -0.15) is 0 Å². The van der Waals surface area contributed by atoms with Crippen LogP contribution in [0.3, 0.4) is 0 Å². The van der Waals surface area contributed by atoms with Crippen LogP contribution in [0.15, 0.2) is 24.3 Å². The van der Waals surface area contributed by atoms with Crippen LogP contribution in [-0.4, -0.2) is 29.8 Å². The van der Waals surface area contributed by atoms with Gasteiger partial charge in [-0.3, -0.25) is 9.69 Å². The third-order valence-corrected chi connectivity index (χ3v) is 3.70. The zero-order valence-electron chi connectivity index (χ0n) is 10.2. The van der Waals surface area contributed by atoms with E-state index in [1.54, 1.807) is 12.1 Å². The van der Waals surface area contributed by atoms with Crippen molar-refractivity contribution in [3.8, 4) is 0 Å². The SMILES string of the molecule is CCC1CCCN1CC(=O)c1cccc(Cl)c1. The van der Waals surface area contributed by atoms with Crippen molar-refractivity contribution >= 4 is 17.4 Å². The number of benzene rings is 1. The number of carbonyl (C=O) groups excluding carboxylic acids is 1. The van der Waals surface area contributed by atoms with Crippen molar-refractivity contribution in [3.05, 3.63) is 34.9 Å². The minimum Gasteiger partial charge on any atom is -0.293 e. The molecule has 2 nitrogen and oxygen atoms in total. The topological polar surface area (TPSA) is 20.3 Å². The van der Waals surface area contributed by atoms with Crippen molar-refractivity contribution in [2.24, 2.45) is 0 Å². The second-order valence-electron chi connectivity index (χ2n) is 4.61. The summed E-state index contributed by atoms with van der Waals surface area (Å²) in [4.78, 5) is 14.4. The molecule has 1 heterocycles. The van der Waals surface area contributed by atoms with Gasteiger partial charge in [-0.05, 0) is 37.9 Å². The van der Waals surface area contributed by atoms with Crippen LogP contribution in [0.1, 0.15) is 36.5 Å². The highest BCUT2D eigenvalue weighted by Gasteiger charge is 2.24. The van der Waals surface area contributed by atoms with E-state index in [4.69, 9.17) is 11.6 Å². The van der Waals surface area contributed by atoms with E-state index in [-0.39, 0.29) is 5.78 Å². The monoisotopic (exact) mass is 251 g/mol. The number of hydrogen-bond donors (Lipinski definition) is 0. The molecule has 1 aromatic rings. The van der Waals surface area contributed by atoms with Crippen molar-refractivity contribution < 1.29 is 4.79 Å². The maximum absolute atomic E-state index is 12.1. The number of likely N-dealkylation sites (tertiary alicyclic amines) is 1. The number of ketones is 1. The highest BCUT2D eigenvalue weighted by molar-refractivity contribution is 6.31. The third-order valence-electron chi connectivity index (χ3n) is 3.46. The molecule has 0 bridgehead atoms. The molecule has 1 aliphatic heterocycles. The van der Waals surface area contributed by atoms with E-state index in [2.05, 4.69) is 11.8 Å². The predicted octanol–water partition coefficient (Wildman–Crippen LogP) is 3.40. The fourth-order valence-corrected chi connectivity index (χ4v) is 2.69. The molecule has 92 valence electrons. The molecule has 0 amide bonds. The molecule has 0 radical (unpaired) electrons. The van der Waals surface area contributed by atoms with Gasteiger partial charge in [0.1, 0.15) is 0 Å². The summed E-state index contributed by atoms with van der Waals surface area (Å²) in [5, 5.41) is 0.629. The van der Waals surface area contributed by atoms with E-state index in [1.165, 1.54) is 12.8 Å². The van der Waals surface area contributed by atoms with E-state index in [0.29, 0.717) is 17.6 Å². The summed E-state index contributed by atoms with van der Waals surface area (Å²) < 4.78 is 0. The summed E-state index contributed by atoms with van der Waals surface area (Å²) in [7, 11) is 0. The largest absolute Gasteiger partial charge is 0.293 e. The van der Waals surface area contributed by atoms with Gasteiger partial charge in [-0.15, -0.1) is 0 Å². The first-order valence-electron chi connectivity index (χ1n) is 6.23. The van der Waals surface area contributed by atoms with Gasteiger partial charge in [0.2, 0.25) is 0 Å². The van der Waals surface area contributed by atoms with Crippen LogP contribution < -0.4 is 0 Å². The fraction of sp³-hybridized carbons (Fsp3) is 0.500. The van der Waals surface area contributed by atoms with Gasteiger partial charge in [-0.25, -0.2) is 0 Å². The molecule has 0 aromatic heterocycles. The number of hydrogen-bond acceptors (Lipinski definition) is 2. The van der Waals surface area contributed by atoms with Crippen LogP contribution in [-0.2, 0) is 0 Å². The first-order valence-corrected chi connectivity index (χ1v) is 6.61. The Balaban J connectivity index is 2.01. The molecule has 0 spiro atoms. The predicted molar refractivity (Wildman–Crippen MR) is 70.7 cm³/mol. The highest BCUT2D eigenvalue weighted by atomic mass is 35.5. The zero-order valence-corrected chi connectivity index (χ0v) is 10.9. The molecule has 0 aliphatic carbocycles. The summed E-state index contributed by atoms with van der Waals surface area (Å²) in [6.07, 6.45) is 3.56. The van der Waals surface area contributed by atoms with Crippen molar-refractivity contribution in [1.29, 1.82) is 0 Å². The summed E-state index contributed by atoms with van der Waals surface area (Å²) in [5.41, 5.74) is 0.722. The average Bonchev–Trinajstić information content (AvgIpc) is 2.76. The Morgan fingerprint density at radius 2 is 2.35 bits per heavy atom. The number of rotatable bonds is 4. The lowest BCUT2D eigenvalue weighted by molar-refractivity contribution is 0.0920. The van der Waals surface area contributed by atoms with E-state index in [9.17, 15) is 4.79 Å². The molecule has 1 unspecified atom stereocenters. The van der Waals surface area contributed by atoms with Gasteiger partial charge in [0.05, 0.1) is 6.54 Å². The van der Waals surface area contributed by atoms with Gasteiger partial charge in [0.15, 0.2) is 5.78 Å². The lowest BCUT2D eigenvalue weighted by atomic mass is 10.1. The molecule has 1 aromatic carbocycles. The average molecular weight is 252 g/mol. The first kappa shape index (κ1) is 12.6. The van der Waals surface area contributed by atoms with E-state index in [0.717, 1.165) is 18.5 Å². The van der Waals surface area contributed by atoms with Crippen molar-refractivity contribution in [1.82, 2.24) is 4.90 Å². The Bertz CT molecular complexity index is 405. The number of nitrogens with zero attached hydrogens (tertiary/aromatic N) is 1. The Labute approximate surface area is 108 Å². The Kier molecular flexibility index (Phi) is 4.19. The molecule has 1 fully saturated rings. The molecule has 1 saturated heterocycles. The standard InChI is InChI=1S/C14H18ClNO/c1-2-13-7-4-8-16(13)10-14(17)11-5-3-6-12(15)9-11/h3,5-6,9,13H,2,4,7-8,10H2,1H3. The lowest BCUT2D eigenvalue weighted by Crippen LogP contribution is -2.33. The normalized spacial score (nSPS) is 20.7. The van der Waals surface area contributed by atoms with Gasteiger partial charge in [0.25, 0.3) is 0 Å². The van der Waals surface area contributed by atoms with Crippen LogP contribution in [0.2, 0.25) is 5.02 Å². The summed E-state index contributed by atoms with van der Waals surface area (Å²) in [5.74, 6) is 0.174. The van der Waals surface area contributed by atoms with Gasteiger partial charge in [-0.1, -0.05) is 30.7 Å². The molecule has 0 saturated carbocycles. The summed E-state index contributed by atoms with van der Waals surface area (Å²) in [6.45, 7) is 3.76. The van der Waals surface area contributed by atoms with Crippen molar-refractivity contribution in [3.63, 3.8) is 0 Å². The Morgan fingerprint density at radius 1 is 1.53 bits per heavy atom. The van der Waals surface area contributed by atoms with E-state index < -0.39 is 0 Å². The Hall–Kier alpha value is -0.860. The van der Waals surface area contributed by atoms with E-state index in [1.807, 2.05) is 12.1 Å². The van der Waals surface area contributed by atoms with Crippen LogP contribution in [0, 0.1) is 0 Å². The molecule has 2 rings (SSSR count). The van der Waals surface area contributed by atoms with Crippen molar-refractivity contribution in [2.75, 3.05) is 13.1 Å². The molecule has 0 N–H and O–H groups in total. The maximum atomic E-state index is 12.1. The molecular weight excluding hydrogens is 234 g/mol. The fourth-order valence-electron chi connectivity index (χ4n) is 2.50. The molecular formula is C14H18ClNO. The minimum absolute atomic E-state index is 0.174. The number of carbonyl (C=O) groups is 1. The second kappa shape index (κ2) is 5.65. The first-order chi connectivity index (χ1) is 8.20. The molecule has 3 heteroatoms. The molecule has 1 atom stereocenters. The lowest BCUT2D eigenvalue weighted by Gasteiger charge is -2.22. The summed E-state index contributed by atoms with van der Waals surface area (Å²) in [6, 6.07) is 7.80. The molecule has 1 aliphatic rings. The van der Waals surface area contributed by atoms with Gasteiger partial charge >= 0.3 is 0 Å². The zero-order chi connectivity index (χ0) is 12.3. The third kappa shape index (κ3) is 3.08. The second-order valence-corrected chi connectivity index (χ2v) is 5.04. The minimum atomic E-state index is 0.174.